The van der Waals surface area contributed by atoms with Gasteiger partial charge in [0.1, 0.15) is 4.88 Å². The molecule has 1 aromatic heterocycles. The van der Waals surface area contributed by atoms with Crippen molar-refractivity contribution < 1.29 is 9.90 Å². The first-order chi connectivity index (χ1) is 10.7. The standard InChI is InChI=1S/C18H17NO2S/c20-17(21)15-9-8-12(22-15)11-18-10-4-3-7-16(18)19-14-6-2-1-5-13(14)18/h1-2,5-6,8-9H,3-4,7,10-11H2,(H,20,21). The van der Waals surface area contributed by atoms with Crippen LogP contribution in [0.1, 0.15) is 45.8 Å². The number of thiophene rings is 1. The number of fused-ring (bicyclic) bond motifs is 3. The number of para-hydroxylation sites is 1. The second kappa shape index (κ2) is 5.06. The second-order valence-corrected chi connectivity index (χ2v) is 7.28. The van der Waals surface area contributed by atoms with Gasteiger partial charge in [0.2, 0.25) is 0 Å². The van der Waals surface area contributed by atoms with Gasteiger partial charge in [-0.25, -0.2) is 4.79 Å². The molecule has 1 aliphatic heterocycles. The van der Waals surface area contributed by atoms with Crippen LogP contribution in [0.15, 0.2) is 41.4 Å². The lowest BCUT2D eigenvalue weighted by Gasteiger charge is -2.35. The molecule has 2 aliphatic rings. The molecule has 2 aromatic rings. The van der Waals surface area contributed by atoms with Gasteiger partial charge in [-0.15, -0.1) is 11.3 Å². The summed E-state index contributed by atoms with van der Waals surface area (Å²) in [6.07, 6.45) is 5.47. The molecule has 2 heterocycles. The maximum atomic E-state index is 11.1. The number of benzene rings is 1. The minimum absolute atomic E-state index is 0.00449. The van der Waals surface area contributed by atoms with Crippen molar-refractivity contribution in [3.05, 3.63) is 51.7 Å². The van der Waals surface area contributed by atoms with Crippen molar-refractivity contribution in [2.75, 3.05) is 0 Å². The minimum Gasteiger partial charge on any atom is -0.477 e. The number of nitrogens with zero attached hydrogens (tertiary/aromatic N) is 1. The fraction of sp³-hybridized carbons (Fsp3) is 0.333. The van der Waals surface area contributed by atoms with E-state index in [2.05, 4.69) is 18.2 Å². The summed E-state index contributed by atoms with van der Waals surface area (Å²) >= 11 is 1.40. The van der Waals surface area contributed by atoms with Crippen molar-refractivity contribution in [1.82, 2.24) is 0 Å². The maximum absolute atomic E-state index is 11.1. The normalized spacial score (nSPS) is 22.8. The van der Waals surface area contributed by atoms with E-state index in [9.17, 15) is 4.79 Å². The van der Waals surface area contributed by atoms with Crippen molar-refractivity contribution >= 4 is 28.7 Å². The van der Waals surface area contributed by atoms with Crippen molar-refractivity contribution in [3.63, 3.8) is 0 Å². The van der Waals surface area contributed by atoms with E-state index in [4.69, 9.17) is 10.1 Å². The Labute approximate surface area is 133 Å². The van der Waals surface area contributed by atoms with Crippen LogP contribution >= 0.6 is 11.3 Å². The maximum Gasteiger partial charge on any atom is 0.345 e. The molecule has 1 atom stereocenters. The fourth-order valence-corrected chi connectivity index (χ4v) is 4.81. The zero-order chi connectivity index (χ0) is 15.2. The Bertz CT molecular complexity index is 777. The molecule has 1 saturated carbocycles. The van der Waals surface area contributed by atoms with Gasteiger partial charge < -0.3 is 5.11 Å². The lowest BCUT2D eigenvalue weighted by Crippen LogP contribution is -2.38. The Morgan fingerprint density at radius 2 is 2.09 bits per heavy atom. The van der Waals surface area contributed by atoms with Gasteiger partial charge in [-0.2, -0.15) is 0 Å². The van der Waals surface area contributed by atoms with Gasteiger partial charge in [0.15, 0.2) is 0 Å². The summed E-state index contributed by atoms with van der Waals surface area (Å²) < 4.78 is 0. The number of carboxylic acids is 1. The molecule has 1 fully saturated rings. The third-order valence-corrected chi connectivity index (χ3v) is 5.92. The highest BCUT2D eigenvalue weighted by Gasteiger charge is 2.44. The van der Waals surface area contributed by atoms with Gasteiger partial charge in [-0.3, -0.25) is 4.99 Å². The van der Waals surface area contributed by atoms with Crippen LogP contribution < -0.4 is 0 Å². The van der Waals surface area contributed by atoms with E-state index in [0.29, 0.717) is 4.88 Å². The highest BCUT2D eigenvalue weighted by Crippen LogP contribution is 2.49. The average Bonchev–Trinajstić information content (AvgIpc) is 3.10. The smallest absolute Gasteiger partial charge is 0.345 e. The molecule has 4 rings (SSSR count). The van der Waals surface area contributed by atoms with Crippen LogP contribution in [0.5, 0.6) is 0 Å². The molecule has 0 amide bonds. The molecule has 0 bridgehead atoms. The molecule has 0 spiro atoms. The highest BCUT2D eigenvalue weighted by molar-refractivity contribution is 7.13. The molecule has 1 unspecified atom stereocenters. The highest BCUT2D eigenvalue weighted by atomic mass is 32.1. The summed E-state index contributed by atoms with van der Waals surface area (Å²) in [7, 11) is 0. The predicted octanol–water partition coefficient (Wildman–Crippen LogP) is 4.59. The van der Waals surface area contributed by atoms with Crippen molar-refractivity contribution in [3.8, 4) is 0 Å². The Hall–Kier alpha value is -1.94. The molecule has 22 heavy (non-hydrogen) atoms. The number of carbonyl (C=O) groups is 1. The van der Waals surface area contributed by atoms with Crippen LogP contribution in [0.4, 0.5) is 5.69 Å². The van der Waals surface area contributed by atoms with Crippen LogP contribution in [0.2, 0.25) is 0 Å². The molecule has 1 aliphatic carbocycles. The zero-order valence-corrected chi connectivity index (χ0v) is 13.0. The SMILES string of the molecule is O=C(O)c1ccc(CC23CCCCC2=Nc2ccccc23)s1. The van der Waals surface area contributed by atoms with Gasteiger partial charge >= 0.3 is 5.97 Å². The number of hydrogen-bond donors (Lipinski definition) is 1. The Balaban J connectivity index is 1.76. The number of aliphatic imine (C=N–C) groups is 1. The minimum atomic E-state index is -0.835. The lowest BCUT2D eigenvalue weighted by atomic mass is 9.67. The molecule has 0 radical (unpaired) electrons. The first-order valence-corrected chi connectivity index (χ1v) is 8.50. The van der Waals surface area contributed by atoms with Gasteiger partial charge in [0.05, 0.1) is 5.69 Å². The van der Waals surface area contributed by atoms with Gasteiger partial charge in [-0.1, -0.05) is 24.6 Å². The van der Waals surface area contributed by atoms with E-state index in [1.54, 1.807) is 6.07 Å². The summed E-state index contributed by atoms with van der Waals surface area (Å²) in [5.74, 6) is -0.835. The molecule has 1 N–H and O–H groups in total. The van der Waals surface area contributed by atoms with E-state index in [-0.39, 0.29) is 5.41 Å². The molecule has 1 aromatic carbocycles. The van der Waals surface area contributed by atoms with Crippen LogP contribution in [-0.4, -0.2) is 16.8 Å². The van der Waals surface area contributed by atoms with Gasteiger partial charge in [0, 0.05) is 16.0 Å². The summed E-state index contributed by atoms with van der Waals surface area (Å²) in [6.45, 7) is 0. The average molecular weight is 311 g/mol. The van der Waals surface area contributed by atoms with Crippen LogP contribution in [-0.2, 0) is 11.8 Å². The first kappa shape index (κ1) is 13.7. The number of carboxylic acid groups (broad SMARTS) is 1. The molecule has 0 saturated heterocycles. The van der Waals surface area contributed by atoms with E-state index in [0.717, 1.165) is 29.8 Å². The Morgan fingerprint density at radius 3 is 2.91 bits per heavy atom. The Kier molecular flexibility index (Phi) is 3.15. The van der Waals surface area contributed by atoms with E-state index >= 15 is 0 Å². The van der Waals surface area contributed by atoms with Crippen molar-refractivity contribution in [1.29, 1.82) is 0 Å². The third kappa shape index (κ3) is 2.02. The number of aromatic carboxylic acids is 1. The largest absolute Gasteiger partial charge is 0.477 e. The van der Waals surface area contributed by atoms with Crippen LogP contribution in [0.3, 0.4) is 0 Å². The zero-order valence-electron chi connectivity index (χ0n) is 12.2. The van der Waals surface area contributed by atoms with E-state index in [1.165, 1.54) is 35.5 Å². The monoisotopic (exact) mass is 311 g/mol. The van der Waals surface area contributed by atoms with E-state index in [1.807, 2.05) is 12.1 Å². The summed E-state index contributed by atoms with van der Waals surface area (Å²) in [6, 6.07) is 12.1. The summed E-state index contributed by atoms with van der Waals surface area (Å²) in [5, 5.41) is 9.13. The van der Waals surface area contributed by atoms with Crippen molar-refractivity contribution in [2.45, 2.75) is 37.5 Å². The van der Waals surface area contributed by atoms with E-state index < -0.39 is 5.97 Å². The summed E-state index contributed by atoms with van der Waals surface area (Å²) in [5.41, 5.74) is 3.73. The molecule has 3 nitrogen and oxygen atoms in total. The number of rotatable bonds is 3. The van der Waals surface area contributed by atoms with Gasteiger partial charge in [0.25, 0.3) is 0 Å². The predicted molar refractivity (Wildman–Crippen MR) is 88.7 cm³/mol. The van der Waals surface area contributed by atoms with Gasteiger partial charge in [-0.05, 0) is 49.4 Å². The number of hydrogen-bond acceptors (Lipinski definition) is 3. The fourth-order valence-electron chi connectivity index (χ4n) is 3.85. The molecule has 4 heteroatoms. The third-order valence-electron chi connectivity index (χ3n) is 4.84. The second-order valence-electron chi connectivity index (χ2n) is 6.11. The topological polar surface area (TPSA) is 49.7 Å². The quantitative estimate of drug-likeness (QED) is 0.901. The van der Waals surface area contributed by atoms with Crippen molar-refractivity contribution in [2.24, 2.45) is 4.99 Å². The lowest BCUT2D eigenvalue weighted by molar-refractivity contribution is 0.0702. The van der Waals surface area contributed by atoms with Crippen LogP contribution in [0, 0.1) is 0 Å². The van der Waals surface area contributed by atoms with Crippen LogP contribution in [0.25, 0.3) is 0 Å². The first-order valence-electron chi connectivity index (χ1n) is 7.69. The Morgan fingerprint density at radius 1 is 1.23 bits per heavy atom. The molecule has 112 valence electrons. The molecular formula is C18H17NO2S. The summed E-state index contributed by atoms with van der Waals surface area (Å²) in [4.78, 5) is 17.6. The molecular weight excluding hydrogens is 294 g/mol.